The fraction of sp³-hybridized carbons (Fsp3) is 1.00. The molecule has 0 saturated heterocycles. The van der Waals surface area contributed by atoms with Gasteiger partial charge in [-0.2, -0.15) is 0 Å². The number of hydrogen-bond acceptors (Lipinski definition) is 4. The lowest BCUT2D eigenvalue weighted by Gasteiger charge is -2.21. The second kappa shape index (κ2) is 11.3. The van der Waals surface area contributed by atoms with Crippen molar-refractivity contribution in [3.8, 4) is 0 Å². The zero-order valence-electron chi connectivity index (χ0n) is 10.5. The van der Waals surface area contributed by atoms with Crippen molar-refractivity contribution < 1.29 is 19.7 Å². The standard InChI is InChI=1S/C12H26O4/c1-3-5-7-15-10-12(11(14)9-13)16-8-6-4-2/h11-14H,3-10H2,1-2H3/t11-,12+/m1/s1. The van der Waals surface area contributed by atoms with Crippen LogP contribution in [0.3, 0.4) is 0 Å². The third kappa shape index (κ3) is 8.05. The molecule has 0 spiro atoms. The van der Waals surface area contributed by atoms with Crippen LogP contribution in [0.15, 0.2) is 0 Å². The molecule has 0 radical (unpaired) electrons. The van der Waals surface area contributed by atoms with Gasteiger partial charge in [0.25, 0.3) is 0 Å². The van der Waals surface area contributed by atoms with Crippen LogP contribution >= 0.6 is 0 Å². The van der Waals surface area contributed by atoms with E-state index in [1.54, 1.807) is 0 Å². The van der Waals surface area contributed by atoms with E-state index in [1.807, 2.05) is 0 Å². The molecular weight excluding hydrogens is 208 g/mol. The Morgan fingerprint density at radius 3 is 2.25 bits per heavy atom. The van der Waals surface area contributed by atoms with Gasteiger partial charge in [0.1, 0.15) is 12.2 Å². The maximum atomic E-state index is 9.52. The Bertz CT molecular complexity index is 141. The van der Waals surface area contributed by atoms with Gasteiger partial charge >= 0.3 is 0 Å². The molecule has 0 unspecified atom stereocenters. The van der Waals surface area contributed by atoms with Crippen LogP contribution in [0.5, 0.6) is 0 Å². The molecular formula is C12H26O4. The summed E-state index contributed by atoms with van der Waals surface area (Å²) < 4.78 is 10.9. The van der Waals surface area contributed by atoms with Gasteiger partial charge in [-0.1, -0.05) is 26.7 Å². The van der Waals surface area contributed by atoms with Gasteiger partial charge in [0.2, 0.25) is 0 Å². The second-order valence-electron chi connectivity index (χ2n) is 3.94. The van der Waals surface area contributed by atoms with Gasteiger partial charge in [-0.05, 0) is 12.8 Å². The third-order valence-electron chi connectivity index (χ3n) is 2.37. The highest BCUT2D eigenvalue weighted by molar-refractivity contribution is 4.67. The lowest BCUT2D eigenvalue weighted by atomic mass is 10.2. The highest BCUT2D eigenvalue weighted by atomic mass is 16.5. The maximum absolute atomic E-state index is 9.52. The Balaban J connectivity index is 3.72. The number of rotatable bonds is 11. The molecule has 0 aromatic carbocycles. The van der Waals surface area contributed by atoms with Crippen LogP contribution < -0.4 is 0 Å². The minimum absolute atomic E-state index is 0.284. The topological polar surface area (TPSA) is 58.9 Å². The van der Waals surface area contributed by atoms with Crippen molar-refractivity contribution in [1.29, 1.82) is 0 Å². The maximum Gasteiger partial charge on any atom is 0.109 e. The Hall–Kier alpha value is -0.160. The number of aliphatic hydroxyl groups is 2. The summed E-state index contributed by atoms with van der Waals surface area (Å²) in [6.07, 6.45) is 2.86. The molecule has 0 aliphatic heterocycles. The Labute approximate surface area is 98.6 Å². The van der Waals surface area contributed by atoms with Crippen LogP contribution in [-0.4, -0.2) is 48.8 Å². The predicted octanol–water partition coefficient (Wildman–Crippen LogP) is 1.34. The number of hydrogen-bond donors (Lipinski definition) is 2. The summed E-state index contributed by atoms with van der Waals surface area (Å²) in [6, 6.07) is 0. The average molecular weight is 234 g/mol. The molecule has 0 fully saturated rings. The number of ether oxygens (including phenoxy) is 2. The van der Waals surface area contributed by atoms with Gasteiger partial charge in [0.05, 0.1) is 13.2 Å². The van der Waals surface area contributed by atoms with E-state index in [9.17, 15) is 5.11 Å². The molecule has 0 aliphatic rings. The summed E-state index contributed by atoms with van der Waals surface area (Å²) >= 11 is 0. The monoisotopic (exact) mass is 234 g/mol. The summed E-state index contributed by atoms with van der Waals surface area (Å²) in [4.78, 5) is 0. The van der Waals surface area contributed by atoms with Crippen LogP contribution in [0.2, 0.25) is 0 Å². The van der Waals surface area contributed by atoms with Crippen molar-refractivity contribution in [2.75, 3.05) is 26.4 Å². The van der Waals surface area contributed by atoms with Crippen molar-refractivity contribution in [2.24, 2.45) is 0 Å². The van der Waals surface area contributed by atoms with Crippen molar-refractivity contribution in [3.05, 3.63) is 0 Å². The van der Waals surface area contributed by atoms with Crippen LogP contribution in [-0.2, 0) is 9.47 Å². The summed E-state index contributed by atoms with van der Waals surface area (Å²) in [5, 5.41) is 18.4. The minimum atomic E-state index is -0.849. The van der Waals surface area contributed by atoms with E-state index in [0.717, 1.165) is 25.7 Å². The molecule has 0 bridgehead atoms. The van der Waals surface area contributed by atoms with Gasteiger partial charge in [-0.15, -0.1) is 0 Å². The first-order valence-electron chi connectivity index (χ1n) is 6.24. The first kappa shape index (κ1) is 15.8. The quantitative estimate of drug-likeness (QED) is 0.530. The first-order chi connectivity index (χ1) is 7.76. The van der Waals surface area contributed by atoms with E-state index in [0.29, 0.717) is 19.8 Å². The summed E-state index contributed by atoms with van der Waals surface area (Å²) in [5.41, 5.74) is 0. The van der Waals surface area contributed by atoms with Gasteiger partial charge in [0.15, 0.2) is 0 Å². The molecule has 0 rings (SSSR count). The smallest absolute Gasteiger partial charge is 0.109 e. The molecule has 2 atom stereocenters. The number of aliphatic hydroxyl groups excluding tert-OH is 2. The summed E-state index contributed by atoms with van der Waals surface area (Å²) in [5.74, 6) is 0. The Kier molecular flexibility index (Phi) is 11.2. The molecule has 4 heteroatoms. The van der Waals surface area contributed by atoms with Crippen molar-refractivity contribution in [3.63, 3.8) is 0 Å². The molecule has 0 aromatic heterocycles. The average Bonchev–Trinajstić information content (AvgIpc) is 2.31. The Morgan fingerprint density at radius 2 is 1.69 bits per heavy atom. The highest BCUT2D eigenvalue weighted by Crippen LogP contribution is 2.03. The molecule has 98 valence electrons. The summed E-state index contributed by atoms with van der Waals surface area (Å²) in [7, 11) is 0. The molecule has 4 nitrogen and oxygen atoms in total. The Morgan fingerprint density at radius 1 is 1.06 bits per heavy atom. The lowest BCUT2D eigenvalue weighted by molar-refractivity contribution is -0.0937. The molecule has 0 aliphatic carbocycles. The molecule has 0 saturated carbocycles. The SMILES string of the molecule is CCCCOC[C@H](OCCCC)[C@H](O)CO. The molecule has 16 heavy (non-hydrogen) atoms. The molecule has 2 N–H and O–H groups in total. The van der Waals surface area contributed by atoms with Crippen LogP contribution in [0, 0.1) is 0 Å². The van der Waals surface area contributed by atoms with Gasteiger partial charge in [-0.3, -0.25) is 0 Å². The molecule has 0 amide bonds. The number of unbranched alkanes of at least 4 members (excludes halogenated alkanes) is 2. The van der Waals surface area contributed by atoms with Gasteiger partial charge in [0, 0.05) is 13.2 Å². The van der Waals surface area contributed by atoms with Gasteiger partial charge in [-0.25, -0.2) is 0 Å². The van der Waals surface area contributed by atoms with Crippen LogP contribution in [0.25, 0.3) is 0 Å². The normalized spacial score (nSPS) is 15.0. The fourth-order valence-electron chi connectivity index (χ4n) is 1.21. The van der Waals surface area contributed by atoms with Gasteiger partial charge < -0.3 is 19.7 Å². The zero-order chi connectivity index (χ0) is 12.2. The summed E-state index contributed by atoms with van der Waals surface area (Å²) in [6.45, 7) is 5.54. The van der Waals surface area contributed by atoms with Crippen LogP contribution in [0.1, 0.15) is 39.5 Å². The predicted molar refractivity (Wildman–Crippen MR) is 63.5 cm³/mol. The van der Waals surface area contributed by atoms with E-state index in [4.69, 9.17) is 14.6 Å². The largest absolute Gasteiger partial charge is 0.394 e. The molecule has 0 aromatic rings. The highest BCUT2D eigenvalue weighted by Gasteiger charge is 2.19. The van der Waals surface area contributed by atoms with E-state index in [2.05, 4.69) is 13.8 Å². The second-order valence-corrected chi connectivity index (χ2v) is 3.94. The lowest BCUT2D eigenvalue weighted by Crippen LogP contribution is -2.36. The first-order valence-corrected chi connectivity index (χ1v) is 6.24. The minimum Gasteiger partial charge on any atom is -0.394 e. The van der Waals surface area contributed by atoms with Crippen molar-refractivity contribution in [2.45, 2.75) is 51.7 Å². The van der Waals surface area contributed by atoms with Crippen LogP contribution in [0.4, 0.5) is 0 Å². The van der Waals surface area contributed by atoms with E-state index < -0.39 is 12.2 Å². The molecule has 0 heterocycles. The third-order valence-corrected chi connectivity index (χ3v) is 2.37. The van der Waals surface area contributed by atoms with E-state index in [1.165, 1.54) is 0 Å². The zero-order valence-corrected chi connectivity index (χ0v) is 10.5. The fourth-order valence-corrected chi connectivity index (χ4v) is 1.21. The van der Waals surface area contributed by atoms with Crippen molar-refractivity contribution >= 4 is 0 Å². The van der Waals surface area contributed by atoms with Crippen molar-refractivity contribution in [1.82, 2.24) is 0 Å². The van der Waals surface area contributed by atoms with E-state index >= 15 is 0 Å². The van der Waals surface area contributed by atoms with E-state index in [-0.39, 0.29) is 6.61 Å².